The van der Waals surface area contributed by atoms with Crippen LogP contribution < -0.4 is 0 Å². The average Bonchev–Trinajstić information content (AvgIpc) is 2.27. The number of benzene rings is 1. The Morgan fingerprint density at radius 2 is 2.13 bits per heavy atom. The van der Waals surface area contributed by atoms with Crippen molar-refractivity contribution in [3.63, 3.8) is 0 Å². The summed E-state index contributed by atoms with van der Waals surface area (Å²) in [6.07, 6.45) is 2.45. The molecule has 0 bridgehead atoms. The number of pyridine rings is 1. The van der Waals surface area contributed by atoms with Gasteiger partial charge in [0.15, 0.2) is 6.29 Å². The van der Waals surface area contributed by atoms with Crippen LogP contribution in [0.3, 0.4) is 0 Å². The number of fused-ring (bicyclic) bond motifs is 1. The second-order valence-corrected chi connectivity index (χ2v) is 3.96. The molecule has 1 aromatic carbocycles. The van der Waals surface area contributed by atoms with E-state index >= 15 is 0 Å². The average molecular weight is 199 g/mol. The van der Waals surface area contributed by atoms with Crippen LogP contribution in [0.2, 0.25) is 0 Å². The first-order valence-corrected chi connectivity index (χ1v) is 5.06. The van der Waals surface area contributed by atoms with Gasteiger partial charge in [-0.05, 0) is 17.5 Å². The molecule has 0 aliphatic rings. The SMILES string of the molecule is CC(C)c1cccc2cc(C=O)cnc12. The lowest BCUT2D eigenvalue weighted by molar-refractivity contribution is 0.112. The number of aldehydes is 1. The summed E-state index contributed by atoms with van der Waals surface area (Å²) in [5, 5.41) is 1.03. The monoisotopic (exact) mass is 199 g/mol. The van der Waals surface area contributed by atoms with Crippen LogP contribution >= 0.6 is 0 Å². The molecule has 0 N–H and O–H groups in total. The number of para-hydroxylation sites is 1. The Labute approximate surface area is 89.0 Å². The maximum Gasteiger partial charge on any atom is 0.151 e. The van der Waals surface area contributed by atoms with E-state index in [0.717, 1.165) is 17.2 Å². The zero-order chi connectivity index (χ0) is 10.8. The zero-order valence-electron chi connectivity index (χ0n) is 8.90. The third kappa shape index (κ3) is 1.75. The number of hydrogen-bond donors (Lipinski definition) is 0. The van der Waals surface area contributed by atoms with Gasteiger partial charge in [0.1, 0.15) is 0 Å². The molecule has 0 unspecified atom stereocenters. The van der Waals surface area contributed by atoms with Crippen molar-refractivity contribution in [1.29, 1.82) is 0 Å². The van der Waals surface area contributed by atoms with Crippen molar-refractivity contribution in [3.05, 3.63) is 41.6 Å². The second-order valence-electron chi connectivity index (χ2n) is 3.96. The summed E-state index contributed by atoms with van der Waals surface area (Å²) in [5.41, 5.74) is 2.85. The third-order valence-electron chi connectivity index (χ3n) is 2.52. The van der Waals surface area contributed by atoms with Crippen molar-refractivity contribution in [3.8, 4) is 0 Å². The van der Waals surface area contributed by atoms with Crippen LogP contribution in [-0.4, -0.2) is 11.3 Å². The van der Waals surface area contributed by atoms with E-state index in [-0.39, 0.29) is 0 Å². The normalized spacial score (nSPS) is 10.9. The molecule has 1 heterocycles. The van der Waals surface area contributed by atoms with E-state index in [9.17, 15) is 4.79 Å². The van der Waals surface area contributed by atoms with Gasteiger partial charge in [-0.1, -0.05) is 32.0 Å². The van der Waals surface area contributed by atoms with Gasteiger partial charge in [0.25, 0.3) is 0 Å². The topological polar surface area (TPSA) is 30.0 Å². The fourth-order valence-electron chi connectivity index (χ4n) is 1.73. The van der Waals surface area contributed by atoms with Crippen molar-refractivity contribution < 1.29 is 4.79 Å². The Kier molecular flexibility index (Phi) is 2.50. The highest BCUT2D eigenvalue weighted by molar-refractivity contribution is 5.87. The molecule has 0 saturated carbocycles. The fraction of sp³-hybridized carbons (Fsp3) is 0.231. The van der Waals surface area contributed by atoms with Gasteiger partial charge >= 0.3 is 0 Å². The van der Waals surface area contributed by atoms with Crippen LogP contribution in [0.25, 0.3) is 10.9 Å². The van der Waals surface area contributed by atoms with Crippen molar-refractivity contribution in [1.82, 2.24) is 4.98 Å². The van der Waals surface area contributed by atoms with Gasteiger partial charge < -0.3 is 0 Å². The maximum absolute atomic E-state index is 10.6. The lowest BCUT2D eigenvalue weighted by Gasteiger charge is -2.08. The van der Waals surface area contributed by atoms with E-state index in [4.69, 9.17) is 0 Å². The van der Waals surface area contributed by atoms with Crippen LogP contribution in [0.4, 0.5) is 0 Å². The van der Waals surface area contributed by atoms with Crippen LogP contribution in [0, 0.1) is 0 Å². The Balaban J connectivity index is 2.72. The molecular formula is C13H13NO. The van der Waals surface area contributed by atoms with Crippen LogP contribution in [0.5, 0.6) is 0 Å². The maximum atomic E-state index is 10.6. The van der Waals surface area contributed by atoms with Crippen LogP contribution in [0.1, 0.15) is 35.7 Å². The minimum Gasteiger partial charge on any atom is -0.298 e. The smallest absolute Gasteiger partial charge is 0.151 e. The van der Waals surface area contributed by atoms with Gasteiger partial charge in [-0.2, -0.15) is 0 Å². The number of rotatable bonds is 2. The molecule has 2 aromatic rings. The molecule has 76 valence electrons. The lowest BCUT2D eigenvalue weighted by atomic mass is 9.99. The van der Waals surface area contributed by atoms with Crippen molar-refractivity contribution in [2.75, 3.05) is 0 Å². The molecule has 0 fully saturated rings. The summed E-state index contributed by atoms with van der Waals surface area (Å²) in [6.45, 7) is 4.29. The molecule has 1 aromatic heterocycles. The molecule has 0 aliphatic heterocycles. The number of carbonyl (C=O) groups excluding carboxylic acids is 1. The molecule has 0 atom stereocenters. The molecule has 0 saturated heterocycles. The molecule has 0 amide bonds. The largest absolute Gasteiger partial charge is 0.298 e. The highest BCUT2D eigenvalue weighted by Gasteiger charge is 2.06. The highest BCUT2D eigenvalue weighted by Crippen LogP contribution is 2.23. The molecule has 0 radical (unpaired) electrons. The van der Waals surface area contributed by atoms with Gasteiger partial charge in [-0.25, -0.2) is 0 Å². The summed E-state index contributed by atoms with van der Waals surface area (Å²) < 4.78 is 0. The molecule has 2 heteroatoms. The molecule has 0 spiro atoms. The van der Waals surface area contributed by atoms with E-state index in [1.807, 2.05) is 18.2 Å². The van der Waals surface area contributed by atoms with Crippen LogP contribution in [0.15, 0.2) is 30.5 Å². The minimum absolute atomic E-state index is 0.447. The molecule has 2 nitrogen and oxygen atoms in total. The summed E-state index contributed by atoms with van der Waals surface area (Å²) >= 11 is 0. The van der Waals surface area contributed by atoms with Crippen molar-refractivity contribution in [2.24, 2.45) is 0 Å². The van der Waals surface area contributed by atoms with Gasteiger partial charge in [-0.3, -0.25) is 9.78 Å². The van der Waals surface area contributed by atoms with Gasteiger partial charge in [0, 0.05) is 17.1 Å². The standard InChI is InChI=1S/C13H13NO/c1-9(2)12-5-3-4-11-6-10(8-15)7-14-13(11)12/h3-9H,1-2H3. The van der Waals surface area contributed by atoms with E-state index in [1.165, 1.54) is 5.56 Å². The van der Waals surface area contributed by atoms with Gasteiger partial charge in [-0.15, -0.1) is 0 Å². The van der Waals surface area contributed by atoms with E-state index in [1.54, 1.807) is 6.20 Å². The first-order chi connectivity index (χ1) is 7.22. The van der Waals surface area contributed by atoms with E-state index < -0.39 is 0 Å². The number of aromatic nitrogens is 1. The molecule has 2 rings (SSSR count). The lowest BCUT2D eigenvalue weighted by Crippen LogP contribution is -1.92. The Hall–Kier alpha value is -1.70. The predicted octanol–water partition coefficient (Wildman–Crippen LogP) is 3.17. The summed E-state index contributed by atoms with van der Waals surface area (Å²) in [5.74, 6) is 0.447. The first kappa shape index (κ1) is 9.84. The van der Waals surface area contributed by atoms with Crippen LogP contribution in [-0.2, 0) is 0 Å². The minimum atomic E-state index is 0.447. The second kappa shape index (κ2) is 3.81. The first-order valence-electron chi connectivity index (χ1n) is 5.06. The summed E-state index contributed by atoms with van der Waals surface area (Å²) in [4.78, 5) is 15.0. The highest BCUT2D eigenvalue weighted by atomic mass is 16.1. The molecule has 15 heavy (non-hydrogen) atoms. The Morgan fingerprint density at radius 3 is 2.80 bits per heavy atom. The number of carbonyl (C=O) groups is 1. The van der Waals surface area contributed by atoms with Gasteiger partial charge in [0.05, 0.1) is 5.52 Å². The fourth-order valence-corrected chi connectivity index (χ4v) is 1.73. The number of hydrogen-bond acceptors (Lipinski definition) is 2. The Morgan fingerprint density at radius 1 is 1.33 bits per heavy atom. The van der Waals surface area contributed by atoms with E-state index in [2.05, 4.69) is 24.9 Å². The quantitative estimate of drug-likeness (QED) is 0.695. The molecular weight excluding hydrogens is 186 g/mol. The number of nitrogens with zero attached hydrogens (tertiary/aromatic N) is 1. The van der Waals surface area contributed by atoms with E-state index in [0.29, 0.717) is 11.5 Å². The predicted molar refractivity (Wildman–Crippen MR) is 61.2 cm³/mol. The molecule has 0 aliphatic carbocycles. The van der Waals surface area contributed by atoms with Crippen molar-refractivity contribution in [2.45, 2.75) is 19.8 Å². The third-order valence-corrected chi connectivity index (χ3v) is 2.52. The van der Waals surface area contributed by atoms with Crippen molar-refractivity contribution >= 4 is 17.2 Å². The zero-order valence-corrected chi connectivity index (χ0v) is 8.90. The summed E-state index contributed by atoms with van der Waals surface area (Å²) in [6, 6.07) is 7.96. The Bertz CT molecular complexity index is 503. The summed E-state index contributed by atoms with van der Waals surface area (Å²) in [7, 11) is 0. The van der Waals surface area contributed by atoms with Gasteiger partial charge in [0.2, 0.25) is 0 Å².